The fraction of sp³-hybridized carbons (Fsp3) is 0.889. The van der Waals surface area contributed by atoms with Gasteiger partial charge < -0.3 is 20.7 Å². The van der Waals surface area contributed by atoms with Gasteiger partial charge in [-0.1, -0.05) is 0 Å². The number of hydrogen-bond donors (Lipinski definition) is 3. The van der Waals surface area contributed by atoms with Crippen molar-refractivity contribution in [2.45, 2.75) is 43.6 Å². The second-order valence-electron chi connectivity index (χ2n) is 4.15. The lowest BCUT2D eigenvalue weighted by atomic mass is 9.83. The van der Waals surface area contributed by atoms with Gasteiger partial charge in [0.25, 0.3) is 0 Å². The predicted octanol–water partition coefficient (Wildman–Crippen LogP) is -0.673. The van der Waals surface area contributed by atoms with Crippen molar-refractivity contribution in [3.63, 3.8) is 0 Å². The van der Waals surface area contributed by atoms with Crippen LogP contribution in [-0.4, -0.2) is 40.5 Å². The standard InChI is InChI=1S/C9H15NO4/c10-5(9(12)13)3-4-1-2-6(11)8-7(4)14-8/h4-8,11H,1-3,10H2,(H,12,13). The number of aliphatic carboxylic acids is 1. The first-order valence-electron chi connectivity index (χ1n) is 4.91. The summed E-state index contributed by atoms with van der Waals surface area (Å²) in [5, 5.41) is 18.1. The Hall–Kier alpha value is -0.650. The van der Waals surface area contributed by atoms with E-state index >= 15 is 0 Å². The van der Waals surface area contributed by atoms with Crippen molar-refractivity contribution in [2.24, 2.45) is 11.7 Å². The van der Waals surface area contributed by atoms with Gasteiger partial charge in [-0.15, -0.1) is 0 Å². The van der Waals surface area contributed by atoms with Gasteiger partial charge in [0, 0.05) is 0 Å². The molecule has 1 heterocycles. The van der Waals surface area contributed by atoms with Gasteiger partial charge in [0.15, 0.2) is 0 Å². The van der Waals surface area contributed by atoms with Gasteiger partial charge in [0.1, 0.15) is 12.1 Å². The summed E-state index contributed by atoms with van der Waals surface area (Å²) >= 11 is 0. The van der Waals surface area contributed by atoms with Crippen LogP contribution in [0.5, 0.6) is 0 Å². The molecule has 2 rings (SSSR count). The number of carbonyl (C=O) groups is 1. The minimum atomic E-state index is -0.965. The number of fused-ring (bicyclic) bond motifs is 1. The van der Waals surface area contributed by atoms with Crippen LogP contribution in [0.15, 0.2) is 0 Å². The minimum absolute atomic E-state index is 0.0455. The number of nitrogens with two attached hydrogens (primary N) is 1. The molecule has 1 saturated carbocycles. The number of hydrogen-bond acceptors (Lipinski definition) is 4. The lowest BCUT2D eigenvalue weighted by Gasteiger charge is -2.22. The molecule has 5 heteroatoms. The highest BCUT2D eigenvalue weighted by atomic mass is 16.6. The molecule has 0 aromatic heterocycles. The maximum Gasteiger partial charge on any atom is 0.320 e. The second kappa shape index (κ2) is 3.49. The summed E-state index contributed by atoms with van der Waals surface area (Å²) in [6, 6.07) is -0.805. The zero-order valence-corrected chi connectivity index (χ0v) is 7.80. The SMILES string of the molecule is NC(CC1CCC(O)C2OC12)C(=O)O. The Morgan fingerprint density at radius 2 is 2.21 bits per heavy atom. The number of epoxide rings is 1. The van der Waals surface area contributed by atoms with E-state index in [0.717, 1.165) is 6.42 Å². The number of carboxylic acid groups (broad SMARTS) is 1. The largest absolute Gasteiger partial charge is 0.480 e. The topological polar surface area (TPSA) is 96.1 Å². The highest BCUT2D eigenvalue weighted by Crippen LogP contribution is 2.42. The third kappa shape index (κ3) is 1.75. The summed E-state index contributed by atoms with van der Waals surface area (Å²) in [4.78, 5) is 10.5. The van der Waals surface area contributed by atoms with Crippen molar-refractivity contribution in [3.05, 3.63) is 0 Å². The van der Waals surface area contributed by atoms with E-state index in [1.54, 1.807) is 0 Å². The van der Waals surface area contributed by atoms with E-state index < -0.39 is 12.0 Å². The van der Waals surface area contributed by atoms with E-state index in [4.69, 9.17) is 15.6 Å². The van der Waals surface area contributed by atoms with Crippen LogP contribution in [0.25, 0.3) is 0 Å². The summed E-state index contributed by atoms with van der Waals surface area (Å²) in [5.74, 6) is -0.761. The quantitative estimate of drug-likeness (QED) is 0.526. The first-order chi connectivity index (χ1) is 6.59. The van der Waals surface area contributed by atoms with Gasteiger partial charge in [-0.05, 0) is 25.2 Å². The Morgan fingerprint density at radius 3 is 2.86 bits per heavy atom. The third-order valence-electron chi connectivity index (χ3n) is 3.11. The van der Waals surface area contributed by atoms with Crippen LogP contribution in [0, 0.1) is 5.92 Å². The van der Waals surface area contributed by atoms with Gasteiger partial charge in [-0.2, -0.15) is 0 Å². The zero-order valence-electron chi connectivity index (χ0n) is 7.80. The normalized spacial score (nSPS) is 42.7. The smallest absolute Gasteiger partial charge is 0.320 e. The average Bonchev–Trinajstić information content (AvgIpc) is 2.89. The maximum absolute atomic E-state index is 10.5. The molecule has 5 atom stereocenters. The molecule has 14 heavy (non-hydrogen) atoms. The van der Waals surface area contributed by atoms with E-state index in [1.807, 2.05) is 0 Å². The number of aliphatic hydroxyl groups excluding tert-OH is 1. The fourth-order valence-corrected chi connectivity index (χ4v) is 2.22. The van der Waals surface area contributed by atoms with Crippen molar-refractivity contribution in [1.29, 1.82) is 0 Å². The highest BCUT2D eigenvalue weighted by Gasteiger charge is 2.52. The van der Waals surface area contributed by atoms with Crippen LogP contribution in [-0.2, 0) is 9.53 Å². The lowest BCUT2D eigenvalue weighted by molar-refractivity contribution is -0.139. The average molecular weight is 201 g/mol. The van der Waals surface area contributed by atoms with Crippen molar-refractivity contribution in [1.82, 2.24) is 0 Å². The van der Waals surface area contributed by atoms with E-state index in [-0.39, 0.29) is 24.2 Å². The molecular formula is C9H15NO4. The molecule has 2 aliphatic rings. The molecule has 0 aromatic rings. The molecule has 80 valence electrons. The highest BCUT2D eigenvalue weighted by molar-refractivity contribution is 5.73. The molecule has 1 aliphatic carbocycles. The molecule has 4 N–H and O–H groups in total. The molecule has 2 fully saturated rings. The Bertz CT molecular complexity index is 245. The minimum Gasteiger partial charge on any atom is -0.480 e. The van der Waals surface area contributed by atoms with Crippen LogP contribution >= 0.6 is 0 Å². The number of aliphatic hydroxyl groups is 1. The van der Waals surface area contributed by atoms with Crippen LogP contribution < -0.4 is 5.73 Å². The van der Waals surface area contributed by atoms with Gasteiger partial charge in [0.2, 0.25) is 0 Å². The molecule has 0 bridgehead atoms. The van der Waals surface area contributed by atoms with Gasteiger partial charge in [-0.25, -0.2) is 0 Å². The number of rotatable bonds is 3. The van der Waals surface area contributed by atoms with Crippen LogP contribution in [0.4, 0.5) is 0 Å². The number of carboxylic acids is 1. The van der Waals surface area contributed by atoms with Crippen molar-refractivity contribution in [2.75, 3.05) is 0 Å². The summed E-state index contributed by atoms with van der Waals surface area (Å²) in [7, 11) is 0. The molecule has 0 aromatic carbocycles. The molecular weight excluding hydrogens is 186 g/mol. The van der Waals surface area contributed by atoms with Gasteiger partial charge in [0.05, 0.1) is 12.2 Å². The molecule has 5 unspecified atom stereocenters. The third-order valence-corrected chi connectivity index (χ3v) is 3.11. The zero-order chi connectivity index (χ0) is 10.3. The van der Waals surface area contributed by atoms with Crippen molar-refractivity contribution >= 4 is 5.97 Å². The van der Waals surface area contributed by atoms with E-state index in [9.17, 15) is 9.90 Å². The lowest BCUT2D eigenvalue weighted by Crippen LogP contribution is -2.36. The van der Waals surface area contributed by atoms with Gasteiger partial charge in [-0.3, -0.25) is 4.79 Å². The monoisotopic (exact) mass is 201 g/mol. The second-order valence-corrected chi connectivity index (χ2v) is 4.15. The summed E-state index contributed by atoms with van der Waals surface area (Å²) in [6.07, 6.45) is 1.57. The van der Waals surface area contributed by atoms with E-state index in [2.05, 4.69) is 0 Å². The van der Waals surface area contributed by atoms with Gasteiger partial charge >= 0.3 is 5.97 Å². The predicted molar refractivity (Wildman–Crippen MR) is 47.6 cm³/mol. The molecule has 5 nitrogen and oxygen atoms in total. The van der Waals surface area contributed by atoms with Crippen LogP contribution in [0.2, 0.25) is 0 Å². The molecule has 1 aliphatic heterocycles. The van der Waals surface area contributed by atoms with Crippen LogP contribution in [0.1, 0.15) is 19.3 Å². The van der Waals surface area contributed by atoms with E-state index in [0.29, 0.717) is 12.8 Å². The Morgan fingerprint density at radius 1 is 1.50 bits per heavy atom. The first-order valence-corrected chi connectivity index (χ1v) is 4.91. The van der Waals surface area contributed by atoms with Crippen molar-refractivity contribution in [3.8, 4) is 0 Å². The fourth-order valence-electron chi connectivity index (χ4n) is 2.22. The summed E-state index contributed by atoms with van der Waals surface area (Å²) in [6.45, 7) is 0. The van der Waals surface area contributed by atoms with Crippen LogP contribution in [0.3, 0.4) is 0 Å². The summed E-state index contributed by atoms with van der Waals surface area (Å²) in [5.41, 5.74) is 5.45. The van der Waals surface area contributed by atoms with Crippen molar-refractivity contribution < 1.29 is 19.7 Å². The summed E-state index contributed by atoms with van der Waals surface area (Å²) < 4.78 is 5.28. The first kappa shape index (κ1) is 9.89. The number of ether oxygens (including phenoxy) is 1. The molecule has 0 spiro atoms. The Labute approximate surface area is 81.9 Å². The molecule has 0 radical (unpaired) electrons. The molecule has 0 amide bonds. The Balaban J connectivity index is 1.86. The molecule has 1 saturated heterocycles. The van der Waals surface area contributed by atoms with E-state index in [1.165, 1.54) is 0 Å². The maximum atomic E-state index is 10.5. The Kier molecular flexibility index (Phi) is 2.47.